The summed E-state index contributed by atoms with van der Waals surface area (Å²) in [6, 6.07) is 4.45. The Balaban J connectivity index is 0.00000107. The molecule has 1 amide bonds. The normalized spacial score (nSPS) is 17.4. The summed E-state index contributed by atoms with van der Waals surface area (Å²) in [5.41, 5.74) is 5.84. The fraction of sp³-hybridized carbons (Fsp3) is 0.483. The number of rotatable bonds is 4. The number of piperidine rings is 1. The number of allylic oxidation sites excluding steroid dienone is 1. The standard InChI is InChI=1S/C26H34N6O3.C3H4/c1-17(15-28-20-5-8-31(9-6-20)19(3)33)22-14-23-25(18(2)29-22)35-16-21-24(4-7-27-26(21)30-23)32-10-12-34-13-11-32;1-3-2/h4,7,14-15,20,28H,5-6,8-13,16H2,1-3H3,(H,27,30);1H,2H3/b17-15+;. The first-order valence-electron chi connectivity index (χ1n) is 13.2. The molecule has 5 rings (SSSR count). The molecule has 0 atom stereocenters. The van der Waals surface area contributed by atoms with Crippen LogP contribution in [0, 0.1) is 19.3 Å². The minimum Gasteiger partial charge on any atom is -0.485 e. The Morgan fingerprint density at radius 3 is 2.63 bits per heavy atom. The molecule has 0 spiro atoms. The summed E-state index contributed by atoms with van der Waals surface area (Å²) in [5, 5.41) is 7.05. The number of hydrogen-bond donors (Lipinski definition) is 2. The van der Waals surface area contributed by atoms with Gasteiger partial charge in [-0.15, -0.1) is 12.3 Å². The SMILES string of the molecule is C#CC.CC(=O)N1CCC(N/C=C(\C)c2cc3c(c(C)n2)OCc2c(N4CCOCC4)ccnc2N3)CC1. The third-order valence-electron chi connectivity index (χ3n) is 7.02. The van der Waals surface area contributed by atoms with E-state index >= 15 is 0 Å². The van der Waals surface area contributed by atoms with E-state index in [-0.39, 0.29) is 5.91 Å². The van der Waals surface area contributed by atoms with E-state index in [4.69, 9.17) is 14.5 Å². The molecule has 202 valence electrons. The number of anilines is 3. The van der Waals surface area contributed by atoms with E-state index in [0.717, 1.165) is 97.7 Å². The number of nitrogens with one attached hydrogen (secondary N) is 2. The molecule has 0 bridgehead atoms. The predicted octanol–water partition coefficient (Wildman–Crippen LogP) is 3.86. The van der Waals surface area contributed by atoms with Crippen molar-refractivity contribution in [1.82, 2.24) is 20.2 Å². The van der Waals surface area contributed by atoms with Crippen molar-refractivity contribution in [3.63, 3.8) is 0 Å². The topological polar surface area (TPSA) is 91.9 Å². The van der Waals surface area contributed by atoms with Crippen LogP contribution in [0.15, 0.2) is 24.5 Å². The van der Waals surface area contributed by atoms with Crippen LogP contribution < -0.4 is 20.3 Å². The molecule has 0 saturated carbocycles. The van der Waals surface area contributed by atoms with E-state index in [9.17, 15) is 4.79 Å². The van der Waals surface area contributed by atoms with E-state index in [1.165, 1.54) is 0 Å². The van der Waals surface area contributed by atoms with Crippen LogP contribution in [0.5, 0.6) is 5.75 Å². The number of terminal acetylenes is 1. The van der Waals surface area contributed by atoms with Gasteiger partial charge in [-0.05, 0) is 51.3 Å². The summed E-state index contributed by atoms with van der Waals surface area (Å²) < 4.78 is 11.8. The van der Waals surface area contributed by atoms with Gasteiger partial charge in [-0.1, -0.05) is 0 Å². The molecule has 0 aromatic carbocycles. The van der Waals surface area contributed by atoms with Gasteiger partial charge < -0.3 is 29.9 Å². The van der Waals surface area contributed by atoms with Gasteiger partial charge in [0, 0.05) is 57.2 Å². The van der Waals surface area contributed by atoms with E-state index in [1.807, 2.05) is 30.3 Å². The Morgan fingerprint density at radius 2 is 1.95 bits per heavy atom. The van der Waals surface area contributed by atoms with E-state index in [0.29, 0.717) is 12.6 Å². The quantitative estimate of drug-likeness (QED) is 0.590. The third-order valence-corrected chi connectivity index (χ3v) is 7.02. The number of likely N-dealkylation sites (tertiary alicyclic amines) is 1. The van der Waals surface area contributed by atoms with Crippen molar-refractivity contribution >= 4 is 28.7 Å². The second-order valence-corrected chi connectivity index (χ2v) is 9.70. The number of aryl methyl sites for hydroxylation is 1. The van der Waals surface area contributed by atoms with Crippen molar-refractivity contribution in [1.29, 1.82) is 0 Å². The molecule has 5 heterocycles. The first-order valence-corrected chi connectivity index (χ1v) is 13.2. The molecule has 3 aliphatic heterocycles. The van der Waals surface area contributed by atoms with Crippen molar-refractivity contribution in [2.45, 2.75) is 53.2 Å². The molecule has 0 radical (unpaired) electrons. The Morgan fingerprint density at radius 1 is 1.24 bits per heavy atom. The number of pyridine rings is 2. The summed E-state index contributed by atoms with van der Waals surface area (Å²) in [6.07, 6.45) is 10.4. The highest BCUT2D eigenvalue weighted by Crippen LogP contribution is 2.39. The van der Waals surface area contributed by atoms with Crippen molar-refractivity contribution in [3.05, 3.63) is 41.5 Å². The number of hydrogen-bond acceptors (Lipinski definition) is 8. The van der Waals surface area contributed by atoms with Gasteiger partial charge in [-0.25, -0.2) is 9.97 Å². The van der Waals surface area contributed by atoms with Gasteiger partial charge in [0.25, 0.3) is 0 Å². The number of fused-ring (bicyclic) bond motifs is 2. The molecule has 2 saturated heterocycles. The Bertz CT molecular complexity index is 1210. The summed E-state index contributed by atoms with van der Waals surface area (Å²) >= 11 is 0. The molecule has 2 aromatic rings. The lowest BCUT2D eigenvalue weighted by Crippen LogP contribution is -2.42. The van der Waals surface area contributed by atoms with Gasteiger partial charge in [-0.2, -0.15) is 0 Å². The number of amides is 1. The fourth-order valence-electron chi connectivity index (χ4n) is 4.92. The van der Waals surface area contributed by atoms with Crippen LogP contribution >= 0.6 is 0 Å². The second-order valence-electron chi connectivity index (χ2n) is 9.70. The molecule has 2 fully saturated rings. The lowest BCUT2D eigenvalue weighted by Gasteiger charge is -2.31. The van der Waals surface area contributed by atoms with Crippen LogP contribution in [0.3, 0.4) is 0 Å². The highest BCUT2D eigenvalue weighted by molar-refractivity contribution is 5.76. The summed E-state index contributed by atoms with van der Waals surface area (Å²) in [5.74, 6) is 3.99. The Hall–Kier alpha value is -3.77. The highest BCUT2D eigenvalue weighted by Gasteiger charge is 2.24. The van der Waals surface area contributed by atoms with Crippen LogP contribution in [0.4, 0.5) is 17.2 Å². The Kier molecular flexibility index (Phi) is 9.08. The van der Waals surface area contributed by atoms with Crippen molar-refractivity contribution in [2.75, 3.05) is 49.6 Å². The van der Waals surface area contributed by atoms with Gasteiger partial charge in [0.05, 0.1) is 35.9 Å². The summed E-state index contributed by atoms with van der Waals surface area (Å²) in [7, 11) is 0. The van der Waals surface area contributed by atoms with E-state index in [1.54, 1.807) is 13.8 Å². The maximum Gasteiger partial charge on any atom is 0.219 e. The molecule has 0 unspecified atom stereocenters. The van der Waals surface area contributed by atoms with Gasteiger partial charge in [0.15, 0.2) is 5.75 Å². The zero-order valence-electron chi connectivity index (χ0n) is 22.8. The van der Waals surface area contributed by atoms with Gasteiger partial charge in [-0.3, -0.25) is 4.79 Å². The number of morpholine rings is 1. The van der Waals surface area contributed by atoms with Gasteiger partial charge >= 0.3 is 0 Å². The maximum absolute atomic E-state index is 11.6. The molecule has 9 heteroatoms. The Labute approximate surface area is 225 Å². The largest absolute Gasteiger partial charge is 0.485 e. The average molecular weight is 519 g/mol. The maximum atomic E-state index is 11.6. The fourth-order valence-corrected chi connectivity index (χ4v) is 4.92. The number of nitrogens with zero attached hydrogens (tertiary/aromatic N) is 4. The molecule has 2 N–H and O–H groups in total. The van der Waals surface area contributed by atoms with Crippen LogP contribution in [0.1, 0.15) is 50.6 Å². The zero-order chi connectivity index (χ0) is 27.1. The molecular weight excluding hydrogens is 480 g/mol. The third kappa shape index (κ3) is 6.37. The summed E-state index contributed by atoms with van der Waals surface area (Å²) in [6.45, 7) is 12.6. The minimum atomic E-state index is 0.155. The monoisotopic (exact) mass is 518 g/mol. The van der Waals surface area contributed by atoms with Crippen molar-refractivity contribution in [3.8, 4) is 18.1 Å². The molecule has 38 heavy (non-hydrogen) atoms. The van der Waals surface area contributed by atoms with Crippen LogP contribution in [0.2, 0.25) is 0 Å². The van der Waals surface area contributed by atoms with E-state index < -0.39 is 0 Å². The minimum absolute atomic E-state index is 0.155. The van der Waals surface area contributed by atoms with Crippen LogP contribution in [-0.2, 0) is 16.1 Å². The van der Waals surface area contributed by atoms with E-state index in [2.05, 4.69) is 45.9 Å². The predicted molar refractivity (Wildman–Crippen MR) is 150 cm³/mol. The first kappa shape index (κ1) is 27.3. The number of aromatic nitrogens is 2. The second kappa shape index (κ2) is 12.7. The molecule has 2 aromatic heterocycles. The number of carbonyl (C=O) groups is 1. The lowest BCUT2D eigenvalue weighted by molar-refractivity contribution is -0.129. The molecule has 3 aliphatic rings. The van der Waals surface area contributed by atoms with Gasteiger partial charge in [0.2, 0.25) is 5.91 Å². The van der Waals surface area contributed by atoms with Crippen LogP contribution in [0.25, 0.3) is 5.57 Å². The number of carbonyl (C=O) groups excluding carboxylic acids is 1. The number of ether oxygens (including phenoxy) is 2. The lowest BCUT2D eigenvalue weighted by atomic mass is 10.0. The van der Waals surface area contributed by atoms with Crippen LogP contribution in [-0.4, -0.2) is 66.2 Å². The van der Waals surface area contributed by atoms with Crippen molar-refractivity contribution in [2.24, 2.45) is 0 Å². The van der Waals surface area contributed by atoms with Crippen molar-refractivity contribution < 1.29 is 14.3 Å². The van der Waals surface area contributed by atoms with Gasteiger partial charge in [0.1, 0.15) is 12.4 Å². The first-order chi connectivity index (χ1) is 18.4. The molecule has 9 nitrogen and oxygen atoms in total. The average Bonchev–Trinajstić information content (AvgIpc) is 3.12. The highest BCUT2D eigenvalue weighted by atomic mass is 16.5. The summed E-state index contributed by atoms with van der Waals surface area (Å²) in [4.78, 5) is 25.3. The zero-order valence-corrected chi connectivity index (χ0v) is 22.8. The molecular formula is C29H38N6O3. The smallest absolute Gasteiger partial charge is 0.219 e. The molecule has 0 aliphatic carbocycles.